The molecule has 0 aliphatic rings. The molecule has 294 valence electrons. The van der Waals surface area contributed by atoms with Crippen molar-refractivity contribution in [2.75, 3.05) is 0 Å². The van der Waals surface area contributed by atoms with Gasteiger partial charge in [0.05, 0.1) is 11.0 Å². The zero-order chi connectivity index (χ0) is 41.4. The highest BCUT2D eigenvalue weighted by atomic mass is 16.3. The maximum Gasteiger partial charge on any atom is 0.164 e. The summed E-state index contributed by atoms with van der Waals surface area (Å²) in [6, 6.07) is 71.4. The molecule has 6 heteroatoms. The second-order valence-electron chi connectivity index (χ2n) is 15.9. The normalized spacial score (nSPS) is 11.8. The minimum atomic E-state index is 0.539. The van der Waals surface area contributed by atoms with Gasteiger partial charge < -0.3 is 13.4 Å². The summed E-state index contributed by atoms with van der Waals surface area (Å²) >= 11 is 0. The Morgan fingerprint density at radius 3 is 1.59 bits per heavy atom. The zero-order valence-corrected chi connectivity index (χ0v) is 33.7. The highest BCUT2D eigenvalue weighted by Gasteiger charge is 2.22. The van der Waals surface area contributed by atoms with Crippen molar-refractivity contribution in [1.29, 1.82) is 0 Å². The van der Waals surface area contributed by atoms with Crippen molar-refractivity contribution in [2.45, 2.75) is 0 Å². The molecule has 4 aromatic heterocycles. The van der Waals surface area contributed by atoms with Gasteiger partial charge in [0.25, 0.3) is 0 Å². The number of furan rings is 2. The Hall–Kier alpha value is -8.61. The molecule has 6 nitrogen and oxygen atoms in total. The van der Waals surface area contributed by atoms with E-state index in [-0.39, 0.29) is 0 Å². The lowest BCUT2D eigenvalue weighted by molar-refractivity contribution is 0.668. The lowest BCUT2D eigenvalue weighted by Gasteiger charge is -2.12. The van der Waals surface area contributed by atoms with Gasteiger partial charge in [-0.05, 0) is 76.9 Å². The number of nitrogens with zero attached hydrogens (tertiary/aromatic N) is 4. The van der Waals surface area contributed by atoms with E-state index in [1.807, 2.05) is 36.4 Å². The van der Waals surface area contributed by atoms with E-state index < -0.39 is 0 Å². The SMILES string of the molecule is c1ccc(-c2ccc(-c3nc(-c4cc(-c5ccccc5)c5c(c4)oc4ccccc45)nc(-c4cccc5oc6ccc(-n7c8ccccc8c8ccccc87)cc6c45)n3)cc2)cc1. The Balaban J connectivity index is 1.05. The Bertz CT molecular complexity index is 3850. The summed E-state index contributed by atoms with van der Waals surface area (Å²) < 4.78 is 15.5. The molecule has 0 amide bonds. The molecule has 0 spiro atoms. The number of benzene rings is 9. The summed E-state index contributed by atoms with van der Waals surface area (Å²) in [5.74, 6) is 1.65. The van der Waals surface area contributed by atoms with E-state index in [0.29, 0.717) is 17.5 Å². The third-order valence-electron chi connectivity index (χ3n) is 12.3. The lowest BCUT2D eigenvalue weighted by atomic mass is 9.96. The first-order valence-electron chi connectivity index (χ1n) is 21.1. The van der Waals surface area contributed by atoms with Crippen molar-refractivity contribution in [2.24, 2.45) is 0 Å². The topological polar surface area (TPSA) is 69.9 Å². The number of hydrogen-bond acceptors (Lipinski definition) is 5. The van der Waals surface area contributed by atoms with Gasteiger partial charge in [-0.2, -0.15) is 0 Å². The minimum Gasteiger partial charge on any atom is -0.456 e. The molecule has 63 heavy (non-hydrogen) atoms. The number of fused-ring (bicyclic) bond motifs is 9. The van der Waals surface area contributed by atoms with Gasteiger partial charge in [0, 0.05) is 54.7 Å². The van der Waals surface area contributed by atoms with E-state index in [9.17, 15) is 0 Å². The third kappa shape index (κ3) is 5.69. The fraction of sp³-hybridized carbons (Fsp3) is 0. The van der Waals surface area contributed by atoms with Crippen LogP contribution >= 0.6 is 0 Å². The molecular formula is C57H34N4O2. The van der Waals surface area contributed by atoms with Crippen molar-refractivity contribution >= 4 is 65.7 Å². The van der Waals surface area contributed by atoms with Crippen molar-refractivity contribution in [3.8, 4) is 62.1 Å². The molecule has 0 saturated heterocycles. The van der Waals surface area contributed by atoms with Gasteiger partial charge in [-0.3, -0.25) is 0 Å². The van der Waals surface area contributed by atoms with Crippen LogP contribution in [0.1, 0.15) is 0 Å². The summed E-state index contributed by atoms with van der Waals surface area (Å²) in [4.78, 5) is 15.9. The van der Waals surface area contributed by atoms with Gasteiger partial charge in [0.2, 0.25) is 0 Å². The van der Waals surface area contributed by atoms with Crippen LogP contribution in [0.5, 0.6) is 0 Å². The van der Waals surface area contributed by atoms with E-state index in [2.05, 4.69) is 174 Å². The Morgan fingerprint density at radius 1 is 0.302 bits per heavy atom. The number of hydrogen-bond donors (Lipinski definition) is 0. The Morgan fingerprint density at radius 2 is 0.841 bits per heavy atom. The molecule has 0 N–H and O–H groups in total. The molecule has 13 aromatic rings. The lowest BCUT2D eigenvalue weighted by Crippen LogP contribution is -2.01. The first-order chi connectivity index (χ1) is 31.2. The van der Waals surface area contributed by atoms with E-state index in [1.54, 1.807) is 0 Å². The second-order valence-corrected chi connectivity index (χ2v) is 15.9. The van der Waals surface area contributed by atoms with Gasteiger partial charge in [-0.15, -0.1) is 0 Å². The Labute approximate surface area is 361 Å². The molecule has 0 radical (unpaired) electrons. The monoisotopic (exact) mass is 806 g/mol. The van der Waals surface area contributed by atoms with Crippen molar-refractivity contribution in [1.82, 2.24) is 19.5 Å². The molecule has 0 aliphatic heterocycles. The molecule has 0 unspecified atom stereocenters. The number of para-hydroxylation sites is 3. The number of rotatable bonds is 6. The van der Waals surface area contributed by atoms with Crippen LogP contribution in [0.4, 0.5) is 0 Å². The molecule has 0 bridgehead atoms. The smallest absolute Gasteiger partial charge is 0.164 e. The van der Waals surface area contributed by atoms with Crippen molar-refractivity contribution in [3.05, 3.63) is 206 Å². The first kappa shape index (κ1) is 35.2. The van der Waals surface area contributed by atoms with Gasteiger partial charge in [-0.1, -0.05) is 152 Å². The molecule has 4 heterocycles. The maximum atomic E-state index is 6.60. The Kier molecular flexibility index (Phi) is 7.80. The van der Waals surface area contributed by atoms with E-state index >= 15 is 0 Å². The van der Waals surface area contributed by atoms with Crippen LogP contribution in [-0.2, 0) is 0 Å². The molecule has 0 fully saturated rings. The predicted octanol–water partition coefficient (Wildman–Crippen LogP) is 15.1. The molecular weight excluding hydrogens is 773 g/mol. The van der Waals surface area contributed by atoms with Crippen LogP contribution in [0.3, 0.4) is 0 Å². The van der Waals surface area contributed by atoms with Gasteiger partial charge in [-0.25, -0.2) is 15.0 Å². The summed E-state index contributed by atoms with van der Waals surface area (Å²) in [5.41, 5.74) is 13.4. The molecule has 9 aromatic carbocycles. The van der Waals surface area contributed by atoms with E-state index in [4.69, 9.17) is 23.8 Å². The summed E-state index contributed by atoms with van der Waals surface area (Å²) in [7, 11) is 0. The fourth-order valence-corrected chi connectivity index (χ4v) is 9.37. The zero-order valence-electron chi connectivity index (χ0n) is 33.7. The molecule has 0 aliphatic carbocycles. The minimum absolute atomic E-state index is 0.539. The third-order valence-corrected chi connectivity index (χ3v) is 12.3. The molecule has 13 rings (SSSR count). The predicted molar refractivity (Wildman–Crippen MR) is 256 cm³/mol. The molecule has 0 atom stereocenters. The van der Waals surface area contributed by atoms with E-state index in [0.717, 1.165) is 99.5 Å². The van der Waals surface area contributed by atoms with E-state index in [1.165, 1.54) is 10.8 Å². The molecule has 0 saturated carbocycles. The van der Waals surface area contributed by atoms with Crippen LogP contribution in [0, 0.1) is 0 Å². The summed E-state index contributed by atoms with van der Waals surface area (Å²) in [6.07, 6.45) is 0. The standard InChI is InChI=1S/C57H34N4O2/c1-3-14-35(15-4-1)36-26-28-38(29-27-36)55-58-56(39-32-45(37-16-5-2-6-17-37)53-43-20-9-12-24-49(43)63-52(53)33-39)60-57(59-55)44-21-13-25-51-54(44)46-34-40(30-31-50(46)62-51)61-47-22-10-7-18-41(47)42-19-8-11-23-48(42)61/h1-34H. The number of aromatic nitrogens is 4. The van der Waals surface area contributed by atoms with Crippen LogP contribution in [0.15, 0.2) is 215 Å². The summed E-state index contributed by atoms with van der Waals surface area (Å²) in [6.45, 7) is 0. The van der Waals surface area contributed by atoms with Gasteiger partial charge >= 0.3 is 0 Å². The van der Waals surface area contributed by atoms with Crippen LogP contribution < -0.4 is 0 Å². The van der Waals surface area contributed by atoms with Crippen molar-refractivity contribution < 1.29 is 8.83 Å². The van der Waals surface area contributed by atoms with Gasteiger partial charge in [0.1, 0.15) is 22.3 Å². The van der Waals surface area contributed by atoms with Gasteiger partial charge in [0.15, 0.2) is 17.5 Å². The summed E-state index contributed by atoms with van der Waals surface area (Å²) in [5, 5.41) is 6.46. The quantitative estimate of drug-likeness (QED) is 0.167. The van der Waals surface area contributed by atoms with Crippen LogP contribution in [0.25, 0.3) is 128 Å². The second kappa shape index (κ2) is 14.0. The average molecular weight is 807 g/mol. The average Bonchev–Trinajstić information content (AvgIpc) is 4.03. The van der Waals surface area contributed by atoms with Crippen molar-refractivity contribution in [3.63, 3.8) is 0 Å². The highest BCUT2D eigenvalue weighted by Crippen LogP contribution is 2.42. The first-order valence-corrected chi connectivity index (χ1v) is 21.1. The van der Waals surface area contributed by atoms with Crippen LogP contribution in [-0.4, -0.2) is 19.5 Å². The fourth-order valence-electron chi connectivity index (χ4n) is 9.37. The van der Waals surface area contributed by atoms with Crippen LogP contribution in [0.2, 0.25) is 0 Å². The maximum absolute atomic E-state index is 6.60. The largest absolute Gasteiger partial charge is 0.456 e. The highest BCUT2D eigenvalue weighted by molar-refractivity contribution is 6.15.